The normalized spacial score (nSPS) is 24.2. The van der Waals surface area contributed by atoms with Crippen LogP contribution in [0, 0.1) is 18.8 Å². The molecule has 17 heteroatoms. The summed E-state index contributed by atoms with van der Waals surface area (Å²) < 4.78 is 10.2. The Balaban J connectivity index is 0.727. The number of amides is 5. The van der Waals surface area contributed by atoms with Gasteiger partial charge >= 0.3 is 0 Å². The van der Waals surface area contributed by atoms with Crippen LogP contribution in [-0.4, -0.2) is 126 Å². The van der Waals surface area contributed by atoms with Gasteiger partial charge in [0, 0.05) is 75.2 Å². The summed E-state index contributed by atoms with van der Waals surface area (Å²) in [7, 11) is 1.86. The topological polar surface area (TPSA) is 180 Å². The fourth-order valence-corrected chi connectivity index (χ4v) is 11.5. The van der Waals surface area contributed by atoms with Crippen LogP contribution in [0.15, 0.2) is 54.7 Å². The SMILES string of the molecule is Cc1cc2cc(n1)-c1cnn(C)c1OCCC[C@@H](C)Cn1c(nc3ccc(CN4CCC(CN5C6CCC5CN(c5ccc7c(c5)C(=O)N(C5CCC(=O)NC5=O)C7=O)C6)CC4)cc31)NC2=O. The summed E-state index contributed by atoms with van der Waals surface area (Å²) in [5, 5.41) is 9.86. The van der Waals surface area contributed by atoms with Gasteiger partial charge in [-0.05, 0) is 125 Å². The molecule has 4 fully saturated rings. The molecule has 348 valence electrons. The number of aryl methyl sites for hydroxylation is 2. The van der Waals surface area contributed by atoms with E-state index in [1.807, 2.05) is 26.1 Å². The Kier molecular flexibility index (Phi) is 11.1. The minimum atomic E-state index is -0.972. The first-order chi connectivity index (χ1) is 32.4. The third kappa shape index (κ3) is 8.15. The van der Waals surface area contributed by atoms with Crippen molar-refractivity contribution in [3.05, 3.63) is 82.7 Å². The highest BCUT2D eigenvalue weighted by atomic mass is 16.5. The molecule has 3 aromatic heterocycles. The summed E-state index contributed by atoms with van der Waals surface area (Å²) in [5.74, 6) is -0.0660. The second-order valence-electron chi connectivity index (χ2n) is 19.7. The van der Waals surface area contributed by atoms with Gasteiger partial charge in [-0.3, -0.25) is 54.3 Å². The first-order valence-corrected chi connectivity index (χ1v) is 24.0. The summed E-state index contributed by atoms with van der Waals surface area (Å²) in [6.07, 6.45) is 8.34. The number of nitrogens with zero attached hydrogens (tertiary/aromatic N) is 9. The maximum Gasteiger partial charge on any atom is 0.262 e. The highest BCUT2D eigenvalue weighted by molar-refractivity contribution is 6.23. The number of likely N-dealkylation sites (tertiary alicyclic amines) is 1. The Morgan fingerprint density at radius 1 is 0.806 bits per heavy atom. The average Bonchev–Trinajstić information content (AvgIpc) is 3.99. The number of benzene rings is 2. The lowest BCUT2D eigenvalue weighted by Crippen LogP contribution is -2.55. The smallest absolute Gasteiger partial charge is 0.262 e. The molecule has 5 amide bonds. The molecule has 4 bridgehead atoms. The summed E-state index contributed by atoms with van der Waals surface area (Å²) >= 11 is 0. The summed E-state index contributed by atoms with van der Waals surface area (Å²) in [6, 6.07) is 15.5. The van der Waals surface area contributed by atoms with Gasteiger partial charge in [0.2, 0.25) is 23.6 Å². The number of imide groups is 2. The number of carbonyl (C=O) groups excluding carboxylic acids is 5. The van der Waals surface area contributed by atoms with Gasteiger partial charge in [-0.2, -0.15) is 5.10 Å². The molecular weight excluding hydrogens is 851 g/mol. The number of hydrogen-bond donors (Lipinski definition) is 2. The number of nitrogens with one attached hydrogen (secondary N) is 2. The number of piperazine rings is 1. The van der Waals surface area contributed by atoms with Gasteiger partial charge in [-0.15, -0.1) is 0 Å². The van der Waals surface area contributed by atoms with Gasteiger partial charge < -0.3 is 14.2 Å². The van der Waals surface area contributed by atoms with E-state index in [1.54, 1.807) is 29.1 Å². The number of imidazole rings is 1. The van der Waals surface area contributed by atoms with E-state index >= 15 is 0 Å². The maximum absolute atomic E-state index is 13.9. The van der Waals surface area contributed by atoms with Crippen LogP contribution in [0.4, 0.5) is 11.6 Å². The molecule has 17 nitrogen and oxygen atoms in total. The third-order valence-corrected chi connectivity index (χ3v) is 15.0. The van der Waals surface area contributed by atoms with E-state index in [-0.39, 0.29) is 24.7 Å². The van der Waals surface area contributed by atoms with Crippen molar-refractivity contribution in [1.82, 2.24) is 44.3 Å². The Labute approximate surface area is 388 Å². The van der Waals surface area contributed by atoms with Crippen molar-refractivity contribution in [2.45, 2.75) is 96.4 Å². The number of anilines is 2. The molecule has 67 heavy (non-hydrogen) atoms. The number of rotatable bonds is 6. The van der Waals surface area contributed by atoms with E-state index in [1.165, 1.54) is 5.56 Å². The van der Waals surface area contributed by atoms with Crippen LogP contribution in [0.5, 0.6) is 5.88 Å². The number of fused-ring (bicyclic) bond motifs is 10. The first-order valence-electron chi connectivity index (χ1n) is 24.0. The predicted octanol–water partition coefficient (Wildman–Crippen LogP) is 5.17. The lowest BCUT2D eigenvalue weighted by Gasteiger charge is -2.44. The molecule has 4 saturated heterocycles. The molecule has 3 unspecified atom stereocenters. The molecule has 0 spiro atoms. The molecule has 0 radical (unpaired) electrons. The fourth-order valence-electron chi connectivity index (χ4n) is 11.5. The standard InChI is InChI=1S/C50H57N11O6/c1-29-5-4-18-67-49-39(23-51-56(49)3)41-21-33(19-30(2)52-41)45(63)55-50-53-40-11-6-32(20-43(40)60(50)24-29)25-57-16-14-31(15-17-57)26-59-35-7-8-36(59)28-58(27-35)34-9-10-37-38(22-34)48(66)61(47(37)65)42-12-13-44(62)54-46(42)64/h6,9-11,19-23,29,31,35-36,42H,4-5,7-8,12-18,24-28H2,1-3H3,(H,53,55,63)(H,54,62,64)/t29-,35?,36?,42?/m1/s1. The number of piperidine rings is 2. The van der Waals surface area contributed by atoms with Crippen LogP contribution in [0.2, 0.25) is 0 Å². The predicted molar refractivity (Wildman–Crippen MR) is 250 cm³/mol. The molecule has 0 saturated carbocycles. The Bertz CT molecular complexity index is 2810. The van der Waals surface area contributed by atoms with Crippen molar-refractivity contribution in [3.8, 4) is 17.1 Å². The zero-order valence-electron chi connectivity index (χ0n) is 38.4. The lowest BCUT2D eigenvalue weighted by molar-refractivity contribution is -0.136. The molecule has 5 aromatic rings. The third-order valence-electron chi connectivity index (χ3n) is 15.0. The Morgan fingerprint density at radius 2 is 1.60 bits per heavy atom. The van der Waals surface area contributed by atoms with E-state index in [2.05, 4.69) is 60.1 Å². The minimum absolute atomic E-state index is 0.0960. The molecule has 2 aromatic carbocycles. The zero-order valence-corrected chi connectivity index (χ0v) is 38.4. The molecule has 6 aliphatic heterocycles. The monoisotopic (exact) mass is 907 g/mol. The zero-order chi connectivity index (χ0) is 46.1. The fraction of sp³-hybridized carbons (Fsp3) is 0.480. The van der Waals surface area contributed by atoms with E-state index in [0.717, 1.165) is 111 Å². The summed E-state index contributed by atoms with van der Waals surface area (Å²) in [4.78, 5) is 83.5. The van der Waals surface area contributed by atoms with Gasteiger partial charge in [-0.25, -0.2) is 9.67 Å². The van der Waals surface area contributed by atoms with Crippen molar-refractivity contribution < 1.29 is 28.7 Å². The van der Waals surface area contributed by atoms with Gasteiger partial charge in [0.25, 0.3) is 17.7 Å². The molecule has 4 atom stereocenters. The molecule has 6 aliphatic rings. The van der Waals surface area contributed by atoms with Crippen LogP contribution in [-0.2, 0) is 29.7 Å². The van der Waals surface area contributed by atoms with Crippen LogP contribution in [0.1, 0.15) is 101 Å². The van der Waals surface area contributed by atoms with E-state index in [9.17, 15) is 24.0 Å². The molecule has 2 N–H and O–H groups in total. The number of pyridine rings is 1. The first kappa shape index (κ1) is 43.1. The molecule has 0 aliphatic carbocycles. The molecule has 11 rings (SSSR count). The molecular formula is C50H57N11O6. The summed E-state index contributed by atoms with van der Waals surface area (Å²) in [6.45, 7) is 11.1. The van der Waals surface area contributed by atoms with Gasteiger partial charge in [0.1, 0.15) is 6.04 Å². The number of carbonyl (C=O) groups is 5. The highest BCUT2D eigenvalue weighted by Crippen LogP contribution is 2.38. The van der Waals surface area contributed by atoms with E-state index < -0.39 is 23.8 Å². The quantitative estimate of drug-likeness (QED) is 0.214. The van der Waals surface area contributed by atoms with Crippen LogP contribution in [0.3, 0.4) is 0 Å². The largest absolute Gasteiger partial charge is 0.477 e. The number of aromatic nitrogens is 5. The number of ether oxygens (including phenoxy) is 1. The van der Waals surface area contributed by atoms with Crippen molar-refractivity contribution in [2.24, 2.45) is 18.9 Å². The highest BCUT2D eigenvalue weighted by Gasteiger charge is 2.46. The van der Waals surface area contributed by atoms with Crippen LogP contribution >= 0.6 is 0 Å². The van der Waals surface area contributed by atoms with E-state index in [0.29, 0.717) is 71.3 Å². The van der Waals surface area contributed by atoms with Crippen molar-refractivity contribution >= 4 is 52.2 Å². The number of hydrogen-bond acceptors (Lipinski definition) is 12. The van der Waals surface area contributed by atoms with Crippen molar-refractivity contribution in [3.63, 3.8) is 0 Å². The van der Waals surface area contributed by atoms with Crippen LogP contribution < -0.4 is 20.3 Å². The van der Waals surface area contributed by atoms with Crippen molar-refractivity contribution in [2.75, 3.05) is 49.5 Å². The molecule has 9 heterocycles. The minimum Gasteiger partial charge on any atom is -0.477 e. The van der Waals surface area contributed by atoms with E-state index in [4.69, 9.17) is 14.7 Å². The second-order valence-corrected chi connectivity index (χ2v) is 19.7. The average molecular weight is 908 g/mol. The van der Waals surface area contributed by atoms with Gasteiger partial charge in [0.15, 0.2) is 0 Å². The maximum atomic E-state index is 13.9. The summed E-state index contributed by atoms with van der Waals surface area (Å²) in [5.41, 5.74) is 7.28. The Morgan fingerprint density at radius 3 is 2.39 bits per heavy atom. The van der Waals surface area contributed by atoms with Gasteiger partial charge in [0.05, 0.1) is 46.2 Å². The van der Waals surface area contributed by atoms with Crippen molar-refractivity contribution in [1.29, 1.82) is 0 Å². The Hall–Kier alpha value is -6.46. The van der Waals surface area contributed by atoms with Gasteiger partial charge in [-0.1, -0.05) is 13.0 Å². The van der Waals surface area contributed by atoms with Crippen LogP contribution in [0.25, 0.3) is 22.3 Å². The second kappa shape index (κ2) is 17.3. The lowest BCUT2D eigenvalue weighted by atomic mass is 9.94.